The van der Waals surface area contributed by atoms with Gasteiger partial charge < -0.3 is 10.3 Å². The van der Waals surface area contributed by atoms with E-state index in [1.807, 2.05) is 43.3 Å². The number of fused-ring (bicyclic) bond motifs is 2. The van der Waals surface area contributed by atoms with Gasteiger partial charge >= 0.3 is 0 Å². The predicted octanol–water partition coefficient (Wildman–Crippen LogP) is 4.99. The van der Waals surface area contributed by atoms with Crippen LogP contribution in [0.3, 0.4) is 0 Å². The van der Waals surface area contributed by atoms with Crippen molar-refractivity contribution in [2.45, 2.75) is 13.8 Å². The zero-order valence-corrected chi connectivity index (χ0v) is 12.9. The molecule has 0 fully saturated rings. The highest BCUT2D eigenvalue weighted by Gasteiger charge is 2.15. The zero-order chi connectivity index (χ0) is 16.1. The SMILES string of the molecule is Cc1cc(-c2cccc3cc(F)c(C)cc23)c2onc(N)c2c1. The summed E-state index contributed by atoms with van der Waals surface area (Å²) in [5.41, 5.74) is 10.1. The van der Waals surface area contributed by atoms with E-state index in [2.05, 4.69) is 5.16 Å². The molecule has 4 rings (SSSR count). The minimum atomic E-state index is -0.201. The van der Waals surface area contributed by atoms with Crippen LogP contribution in [0, 0.1) is 19.7 Å². The molecule has 3 aromatic carbocycles. The number of aromatic nitrogens is 1. The number of rotatable bonds is 1. The average Bonchev–Trinajstić information content (AvgIpc) is 2.89. The lowest BCUT2D eigenvalue weighted by molar-refractivity contribution is 0.461. The van der Waals surface area contributed by atoms with Gasteiger partial charge in [0.15, 0.2) is 11.4 Å². The Balaban J connectivity index is 2.13. The highest BCUT2D eigenvalue weighted by Crippen LogP contribution is 2.37. The fourth-order valence-corrected chi connectivity index (χ4v) is 3.05. The van der Waals surface area contributed by atoms with Crippen LogP contribution in [-0.4, -0.2) is 5.16 Å². The average molecular weight is 306 g/mol. The van der Waals surface area contributed by atoms with Gasteiger partial charge in [-0.25, -0.2) is 4.39 Å². The molecule has 0 atom stereocenters. The summed E-state index contributed by atoms with van der Waals surface area (Å²) in [4.78, 5) is 0. The first-order chi connectivity index (χ1) is 11.0. The Morgan fingerprint density at radius 3 is 2.65 bits per heavy atom. The summed E-state index contributed by atoms with van der Waals surface area (Å²) in [6.07, 6.45) is 0. The standard InChI is InChI=1S/C19H15FN2O/c1-10-6-15(18-16(7-10)19(21)22-23-18)13-5-3-4-12-9-17(20)11(2)8-14(12)13/h3-9H,1-2H3,(H2,21,22). The number of nitrogens with two attached hydrogens (primary N) is 1. The third kappa shape index (κ3) is 2.06. The largest absolute Gasteiger partial charge is 0.380 e. The van der Waals surface area contributed by atoms with E-state index >= 15 is 0 Å². The minimum absolute atomic E-state index is 0.201. The number of aryl methyl sites for hydroxylation is 2. The van der Waals surface area contributed by atoms with Gasteiger partial charge in [0.25, 0.3) is 0 Å². The Labute approximate surface area is 132 Å². The van der Waals surface area contributed by atoms with E-state index in [-0.39, 0.29) is 5.82 Å². The van der Waals surface area contributed by atoms with E-state index in [0.29, 0.717) is 17.0 Å². The molecule has 0 aliphatic heterocycles. The topological polar surface area (TPSA) is 52.0 Å². The van der Waals surface area contributed by atoms with Crippen molar-refractivity contribution < 1.29 is 8.91 Å². The summed E-state index contributed by atoms with van der Waals surface area (Å²) in [5, 5.41) is 6.51. The van der Waals surface area contributed by atoms with Crippen LogP contribution in [0.25, 0.3) is 32.9 Å². The molecule has 0 spiro atoms. The number of hydrogen-bond acceptors (Lipinski definition) is 3. The van der Waals surface area contributed by atoms with E-state index in [9.17, 15) is 4.39 Å². The van der Waals surface area contributed by atoms with Crippen molar-refractivity contribution >= 4 is 27.6 Å². The molecule has 23 heavy (non-hydrogen) atoms. The van der Waals surface area contributed by atoms with Crippen molar-refractivity contribution in [1.29, 1.82) is 0 Å². The molecular weight excluding hydrogens is 291 g/mol. The predicted molar refractivity (Wildman–Crippen MR) is 90.8 cm³/mol. The molecule has 0 unspecified atom stereocenters. The van der Waals surface area contributed by atoms with Gasteiger partial charge in [0.05, 0.1) is 5.39 Å². The number of halogens is 1. The molecule has 1 heterocycles. The molecular formula is C19H15FN2O. The van der Waals surface area contributed by atoms with E-state index in [0.717, 1.165) is 32.8 Å². The van der Waals surface area contributed by atoms with Crippen LogP contribution in [-0.2, 0) is 0 Å². The Morgan fingerprint density at radius 1 is 1.00 bits per heavy atom. The van der Waals surface area contributed by atoms with Crippen LogP contribution < -0.4 is 5.73 Å². The summed E-state index contributed by atoms with van der Waals surface area (Å²) < 4.78 is 19.3. The van der Waals surface area contributed by atoms with Gasteiger partial charge in [-0.15, -0.1) is 0 Å². The van der Waals surface area contributed by atoms with Gasteiger partial charge in [-0.2, -0.15) is 0 Å². The van der Waals surface area contributed by atoms with Crippen molar-refractivity contribution in [2.75, 3.05) is 5.73 Å². The zero-order valence-electron chi connectivity index (χ0n) is 12.9. The first kappa shape index (κ1) is 13.8. The highest BCUT2D eigenvalue weighted by molar-refractivity contribution is 6.05. The first-order valence-corrected chi connectivity index (χ1v) is 7.39. The molecule has 0 radical (unpaired) electrons. The molecule has 0 aliphatic rings. The van der Waals surface area contributed by atoms with Crippen molar-refractivity contribution in [3.05, 3.63) is 59.4 Å². The van der Waals surface area contributed by atoms with Gasteiger partial charge in [-0.1, -0.05) is 23.4 Å². The second-order valence-electron chi connectivity index (χ2n) is 5.89. The summed E-state index contributed by atoms with van der Waals surface area (Å²) >= 11 is 0. The maximum absolute atomic E-state index is 13.9. The number of nitrogens with zero attached hydrogens (tertiary/aromatic N) is 1. The Bertz CT molecular complexity index is 1070. The molecule has 4 aromatic rings. The highest BCUT2D eigenvalue weighted by atomic mass is 19.1. The number of nitrogen functional groups attached to an aromatic ring is 1. The summed E-state index contributed by atoms with van der Waals surface area (Å²) in [6.45, 7) is 3.77. The van der Waals surface area contributed by atoms with Gasteiger partial charge in [0, 0.05) is 5.56 Å². The van der Waals surface area contributed by atoms with Crippen LogP contribution >= 0.6 is 0 Å². The molecule has 1 aromatic heterocycles. The van der Waals surface area contributed by atoms with E-state index in [1.165, 1.54) is 0 Å². The lowest BCUT2D eigenvalue weighted by atomic mass is 9.94. The molecule has 0 saturated heterocycles. The number of hydrogen-bond donors (Lipinski definition) is 1. The Kier molecular flexibility index (Phi) is 2.88. The number of anilines is 1. The minimum Gasteiger partial charge on any atom is -0.380 e. The van der Waals surface area contributed by atoms with Gasteiger partial charge in [-0.3, -0.25) is 0 Å². The molecule has 3 nitrogen and oxygen atoms in total. The van der Waals surface area contributed by atoms with Gasteiger partial charge in [0.2, 0.25) is 0 Å². The van der Waals surface area contributed by atoms with E-state index < -0.39 is 0 Å². The smallest absolute Gasteiger partial charge is 0.176 e. The normalized spacial score (nSPS) is 11.4. The van der Waals surface area contributed by atoms with Crippen molar-refractivity contribution in [2.24, 2.45) is 0 Å². The van der Waals surface area contributed by atoms with Gasteiger partial charge in [0.1, 0.15) is 5.82 Å². The fourth-order valence-electron chi connectivity index (χ4n) is 3.05. The molecule has 0 saturated carbocycles. The summed E-state index contributed by atoms with van der Waals surface area (Å²) in [7, 11) is 0. The number of benzene rings is 3. The fraction of sp³-hybridized carbons (Fsp3) is 0.105. The van der Waals surface area contributed by atoms with Crippen LogP contribution in [0.5, 0.6) is 0 Å². The lowest BCUT2D eigenvalue weighted by Crippen LogP contribution is -1.89. The molecule has 0 amide bonds. The van der Waals surface area contributed by atoms with E-state index in [4.69, 9.17) is 10.3 Å². The van der Waals surface area contributed by atoms with Gasteiger partial charge in [-0.05, 0) is 65.6 Å². The van der Waals surface area contributed by atoms with Crippen LogP contribution in [0.1, 0.15) is 11.1 Å². The second-order valence-corrected chi connectivity index (χ2v) is 5.89. The summed E-state index contributed by atoms with van der Waals surface area (Å²) in [5.74, 6) is 0.181. The van der Waals surface area contributed by atoms with Crippen molar-refractivity contribution in [3.63, 3.8) is 0 Å². The summed E-state index contributed by atoms with van der Waals surface area (Å²) in [6, 6.07) is 13.3. The molecule has 4 heteroatoms. The van der Waals surface area contributed by atoms with Crippen LogP contribution in [0.4, 0.5) is 10.2 Å². The first-order valence-electron chi connectivity index (χ1n) is 7.39. The quantitative estimate of drug-likeness (QED) is 0.539. The van der Waals surface area contributed by atoms with Crippen LogP contribution in [0.15, 0.2) is 47.0 Å². The third-order valence-electron chi connectivity index (χ3n) is 4.19. The maximum atomic E-state index is 13.9. The molecule has 0 aliphatic carbocycles. The van der Waals surface area contributed by atoms with Crippen LogP contribution in [0.2, 0.25) is 0 Å². The lowest BCUT2D eigenvalue weighted by Gasteiger charge is -2.10. The Hall–Kier alpha value is -2.88. The molecule has 0 bridgehead atoms. The molecule has 114 valence electrons. The van der Waals surface area contributed by atoms with E-state index in [1.54, 1.807) is 13.0 Å². The third-order valence-corrected chi connectivity index (χ3v) is 4.19. The second kappa shape index (κ2) is 4.81. The van der Waals surface area contributed by atoms with Crippen molar-refractivity contribution in [3.8, 4) is 11.1 Å². The maximum Gasteiger partial charge on any atom is 0.176 e. The Morgan fingerprint density at radius 2 is 1.83 bits per heavy atom. The molecule has 2 N–H and O–H groups in total. The monoisotopic (exact) mass is 306 g/mol. The van der Waals surface area contributed by atoms with Crippen molar-refractivity contribution in [1.82, 2.24) is 5.16 Å².